The number of hydrazone groups is 1. The number of nitrogens with two attached hydrogens (primary N) is 1. The van der Waals surface area contributed by atoms with Crippen LogP contribution in [0, 0.1) is 5.92 Å². The lowest BCUT2D eigenvalue weighted by atomic mass is 10.1. The van der Waals surface area contributed by atoms with Crippen molar-refractivity contribution in [2.45, 2.75) is 32.6 Å². The van der Waals surface area contributed by atoms with E-state index in [0.29, 0.717) is 12.1 Å². The molecule has 0 radical (unpaired) electrons. The number of hydrogen-bond donors (Lipinski definition) is 2. The fourth-order valence-electron chi connectivity index (χ4n) is 2.28. The third kappa shape index (κ3) is 4.13. The van der Waals surface area contributed by atoms with Crippen LogP contribution in [0.15, 0.2) is 35.4 Å². The van der Waals surface area contributed by atoms with E-state index in [4.69, 9.17) is 18.0 Å². The molecule has 1 heterocycles. The summed E-state index contributed by atoms with van der Waals surface area (Å²) in [5.41, 5.74) is 6.46. The second-order valence-corrected chi connectivity index (χ2v) is 5.75. The molecule has 3 N–H and O–H groups in total. The molecule has 0 saturated carbocycles. The summed E-state index contributed by atoms with van der Waals surface area (Å²) in [6.07, 6.45) is 3.19. The molecule has 0 bridgehead atoms. The molecule has 1 aliphatic heterocycles. The van der Waals surface area contributed by atoms with Crippen LogP contribution in [0.1, 0.15) is 32.6 Å². The Labute approximate surface area is 140 Å². The summed E-state index contributed by atoms with van der Waals surface area (Å²) in [4.78, 5) is 24.4. The second kappa shape index (κ2) is 7.82. The average Bonchev–Trinajstić information content (AvgIpc) is 2.83. The number of rotatable bonds is 6. The van der Waals surface area contributed by atoms with Crippen LogP contribution in [0.2, 0.25) is 0 Å². The Hall–Kier alpha value is -2.28. The minimum absolute atomic E-state index is 0.0951. The predicted molar refractivity (Wildman–Crippen MR) is 93.9 cm³/mol. The highest BCUT2D eigenvalue weighted by molar-refractivity contribution is 7.80. The Morgan fingerprint density at radius 2 is 2.04 bits per heavy atom. The number of amides is 2. The number of benzene rings is 1. The van der Waals surface area contributed by atoms with Crippen LogP contribution in [-0.4, -0.2) is 22.6 Å². The van der Waals surface area contributed by atoms with Gasteiger partial charge in [0.05, 0.1) is 5.69 Å². The van der Waals surface area contributed by atoms with E-state index < -0.39 is 5.92 Å². The van der Waals surface area contributed by atoms with Crippen LogP contribution < -0.4 is 16.1 Å². The van der Waals surface area contributed by atoms with E-state index in [1.165, 1.54) is 5.01 Å². The normalized spacial score (nSPS) is 17.1. The quantitative estimate of drug-likeness (QED) is 0.615. The Balaban J connectivity index is 2.01. The summed E-state index contributed by atoms with van der Waals surface area (Å²) in [6.45, 7) is 2.06. The molecule has 122 valence electrons. The zero-order valence-corrected chi connectivity index (χ0v) is 13.8. The second-order valence-electron chi connectivity index (χ2n) is 5.31. The molecule has 1 aromatic carbocycles. The summed E-state index contributed by atoms with van der Waals surface area (Å²) < 4.78 is 0. The SMILES string of the molecule is CCCCCC(=O)NC(=S)[C@@H]1C(=O)N(c2ccccc2)N=C1N. The van der Waals surface area contributed by atoms with Crippen LogP contribution >= 0.6 is 12.2 Å². The summed E-state index contributed by atoms with van der Waals surface area (Å²) in [5, 5.41) is 7.88. The van der Waals surface area contributed by atoms with Crippen molar-refractivity contribution in [2.75, 3.05) is 5.01 Å². The van der Waals surface area contributed by atoms with Gasteiger partial charge in [-0.05, 0) is 18.6 Å². The molecule has 0 spiro atoms. The third-order valence-corrected chi connectivity index (χ3v) is 3.84. The lowest BCUT2D eigenvalue weighted by molar-refractivity contribution is -0.119. The summed E-state index contributed by atoms with van der Waals surface area (Å²) in [5.74, 6) is -1.34. The number of para-hydroxylation sites is 1. The molecular weight excluding hydrogens is 312 g/mol. The van der Waals surface area contributed by atoms with Gasteiger partial charge in [-0.2, -0.15) is 10.1 Å². The molecule has 6 nitrogen and oxygen atoms in total. The van der Waals surface area contributed by atoms with Crippen molar-refractivity contribution in [3.8, 4) is 0 Å². The lowest BCUT2D eigenvalue weighted by Crippen LogP contribution is -2.43. The predicted octanol–water partition coefficient (Wildman–Crippen LogP) is 1.95. The van der Waals surface area contributed by atoms with Crippen molar-refractivity contribution >= 4 is 40.5 Å². The Bertz CT molecular complexity index is 630. The van der Waals surface area contributed by atoms with E-state index in [1.807, 2.05) is 6.07 Å². The molecule has 23 heavy (non-hydrogen) atoms. The van der Waals surface area contributed by atoms with E-state index in [0.717, 1.165) is 19.3 Å². The maximum Gasteiger partial charge on any atom is 0.265 e. The monoisotopic (exact) mass is 332 g/mol. The van der Waals surface area contributed by atoms with Crippen LogP contribution in [0.5, 0.6) is 0 Å². The Morgan fingerprint density at radius 1 is 1.35 bits per heavy atom. The van der Waals surface area contributed by atoms with Gasteiger partial charge in [-0.25, -0.2) is 0 Å². The number of hydrogen-bond acceptors (Lipinski definition) is 5. The Morgan fingerprint density at radius 3 is 2.70 bits per heavy atom. The molecule has 0 saturated heterocycles. The fourth-order valence-corrected chi connectivity index (χ4v) is 2.61. The fraction of sp³-hybridized carbons (Fsp3) is 0.375. The lowest BCUT2D eigenvalue weighted by Gasteiger charge is -2.15. The Kier molecular flexibility index (Phi) is 5.81. The van der Waals surface area contributed by atoms with Crippen LogP contribution in [0.3, 0.4) is 0 Å². The van der Waals surface area contributed by atoms with Crippen LogP contribution in [-0.2, 0) is 9.59 Å². The number of thiocarbonyl (C=S) groups is 1. The van der Waals surface area contributed by atoms with Gasteiger partial charge in [0.1, 0.15) is 16.7 Å². The number of carbonyl (C=O) groups excluding carboxylic acids is 2. The van der Waals surface area contributed by atoms with Crippen molar-refractivity contribution in [3.63, 3.8) is 0 Å². The summed E-state index contributed by atoms with van der Waals surface area (Å²) in [6, 6.07) is 8.95. The first-order chi connectivity index (χ1) is 11.0. The maximum absolute atomic E-state index is 12.5. The number of nitrogens with zero attached hydrogens (tertiary/aromatic N) is 2. The number of unbranched alkanes of at least 4 members (excludes halogenated alkanes) is 2. The minimum atomic E-state index is -0.889. The minimum Gasteiger partial charge on any atom is -0.385 e. The first-order valence-corrected chi connectivity index (χ1v) is 8.02. The van der Waals surface area contributed by atoms with E-state index in [9.17, 15) is 9.59 Å². The number of anilines is 1. The van der Waals surface area contributed by atoms with Gasteiger partial charge >= 0.3 is 0 Å². The van der Waals surface area contributed by atoms with Crippen LogP contribution in [0.4, 0.5) is 5.69 Å². The summed E-state index contributed by atoms with van der Waals surface area (Å²) in [7, 11) is 0. The smallest absolute Gasteiger partial charge is 0.265 e. The van der Waals surface area contributed by atoms with E-state index in [-0.39, 0.29) is 22.6 Å². The zero-order valence-electron chi connectivity index (χ0n) is 13.0. The van der Waals surface area contributed by atoms with E-state index in [2.05, 4.69) is 17.3 Å². The molecule has 1 aliphatic rings. The van der Waals surface area contributed by atoms with Gasteiger partial charge in [-0.15, -0.1) is 0 Å². The molecule has 1 atom stereocenters. The van der Waals surface area contributed by atoms with Crippen molar-refractivity contribution in [1.82, 2.24) is 5.32 Å². The van der Waals surface area contributed by atoms with E-state index >= 15 is 0 Å². The highest BCUT2D eigenvalue weighted by Gasteiger charge is 2.38. The molecule has 0 fully saturated rings. The highest BCUT2D eigenvalue weighted by Crippen LogP contribution is 2.22. The van der Waals surface area contributed by atoms with E-state index in [1.54, 1.807) is 24.3 Å². The van der Waals surface area contributed by atoms with Crippen LogP contribution in [0.25, 0.3) is 0 Å². The molecule has 2 amide bonds. The third-order valence-electron chi connectivity index (χ3n) is 3.50. The van der Waals surface area contributed by atoms with Gasteiger partial charge < -0.3 is 11.1 Å². The standard InChI is InChI=1S/C16H20N4O2S/c1-2-3-5-10-12(21)18-15(23)13-14(17)19-20(16(13)22)11-8-6-4-7-9-11/h4,6-9,13H,2-3,5,10H2,1H3,(H2,17,19)(H,18,21,23)/t13-/m1/s1. The average molecular weight is 332 g/mol. The molecule has 1 aromatic rings. The first kappa shape index (κ1) is 17.1. The van der Waals surface area contributed by atoms with Gasteiger partial charge in [-0.1, -0.05) is 50.2 Å². The van der Waals surface area contributed by atoms with Crippen molar-refractivity contribution < 1.29 is 9.59 Å². The highest BCUT2D eigenvalue weighted by atomic mass is 32.1. The van der Waals surface area contributed by atoms with Gasteiger partial charge in [-0.3, -0.25) is 9.59 Å². The zero-order chi connectivity index (χ0) is 16.8. The van der Waals surface area contributed by atoms with Gasteiger partial charge in [0.25, 0.3) is 5.91 Å². The first-order valence-electron chi connectivity index (χ1n) is 7.61. The molecule has 0 unspecified atom stereocenters. The maximum atomic E-state index is 12.5. The molecule has 2 rings (SSSR count). The molecule has 0 aromatic heterocycles. The van der Waals surface area contributed by atoms with Crippen molar-refractivity contribution in [3.05, 3.63) is 30.3 Å². The molecule has 0 aliphatic carbocycles. The molecular formula is C16H20N4O2S. The van der Waals surface area contributed by atoms with Gasteiger partial charge in [0.2, 0.25) is 5.91 Å². The van der Waals surface area contributed by atoms with Crippen molar-refractivity contribution in [1.29, 1.82) is 0 Å². The number of nitrogens with one attached hydrogen (secondary N) is 1. The topological polar surface area (TPSA) is 87.8 Å². The van der Waals surface area contributed by atoms with Gasteiger partial charge in [0.15, 0.2) is 0 Å². The number of carbonyl (C=O) groups is 2. The summed E-state index contributed by atoms with van der Waals surface area (Å²) >= 11 is 5.19. The van der Waals surface area contributed by atoms with Gasteiger partial charge in [0, 0.05) is 6.42 Å². The molecule has 7 heteroatoms. The number of amidine groups is 1. The largest absolute Gasteiger partial charge is 0.385 e. The van der Waals surface area contributed by atoms with Crippen molar-refractivity contribution in [2.24, 2.45) is 16.8 Å².